The van der Waals surface area contributed by atoms with Gasteiger partial charge in [-0.1, -0.05) is 12.1 Å². The van der Waals surface area contributed by atoms with Gasteiger partial charge in [-0.15, -0.1) is 0 Å². The molecule has 9 nitrogen and oxygen atoms in total. The molecule has 0 bridgehead atoms. The Kier molecular flexibility index (Phi) is 6.90. The lowest BCUT2D eigenvalue weighted by Gasteiger charge is -2.13. The highest BCUT2D eigenvalue weighted by Gasteiger charge is 2.21. The van der Waals surface area contributed by atoms with Crippen LogP contribution in [0.25, 0.3) is 0 Å². The van der Waals surface area contributed by atoms with Crippen LogP contribution in [0.15, 0.2) is 42.5 Å². The SMILES string of the molecule is C[C@H](NC(=O)c1cccc([N+](=O)[O-])c1)C(=O)OCC(=O)Nc1c(F)cccc1F. The van der Waals surface area contributed by atoms with Crippen molar-refractivity contribution in [2.24, 2.45) is 0 Å². The lowest BCUT2D eigenvalue weighted by molar-refractivity contribution is -0.384. The van der Waals surface area contributed by atoms with E-state index in [0.29, 0.717) is 0 Å². The Hall–Kier alpha value is -3.89. The molecule has 29 heavy (non-hydrogen) atoms. The van der Waals surface area contributed by atoms with Crippen LogP contribution in [0.2, 0.25) is 0 Å². The van der Waals surface area contributed by atoms with Crippen molar-refractivity contribution in [2.75, 3.05) is 11.9 Å². The van der Waals surface area contributed by atoms with Crippen molar-refractivity contribution in [3.05, 3.63) is 69.8 Å². The molecular weight excluding hydrogens is 392 g/mol. The van der Waals surface area contributed by atoms with Gasteiger partial charge in [0.05, 0.1) is 4.92 Å². The van der Waals surface area contributed by atoms with Crippen LogP contribution in [0.4, 0.5) is 20.2 Å². The molecule has 0 aromatic heterocycles. The van der Waals surface area contributed by atoms with Crippen molar-refractivity contribution in [3.8, 4) is 0 Å². The van der Waals surface area contributed by atoms with Gasteiger partial charge in [-0.2, -0.15) is 0 Å². The summed E-state index contributed by atoms with van der Waals surface area (Å²) in [5.41, 5.74) is -1.03. The van der Waals surface area contributed by atoms with Crippen LogP contribution in [0.5, 0.6) is 0 Å². The maximum Gasteiger partial charge on any atom is 0.328 e. The summed E-state index contributed by atoms with van der Waals surface area (Å²) in [6.07, 6.45) is 0. The summed E-state index contributed by atoms with van der Waals surface area (Å²) < 4.78 is 31.6. The second kappa shape index (κ2) is 9.35. The van der Waals surface area contributed by atoms with E-state index in [0.717, 1.165) is 24.3 Å². The molecular formula is C18H15F2N3O6. The zero-order chi connectivity index (χ0) is 21.6. The topological polar surface area (TPSA) is 128 Å². The molecule has 2 amide bonds. The third-order valence-electron chi connectivity index (χ3n) is 3.59. The molecule has 0 radical (unpaired) electrons. The van der Waals surface area contributed by atoms with E-state index in [4.69, 9.17) is 4.74 Å². The minimum absolute atomic E-state index is 0.0494. The molecule has 0 aliphatic rings. The fraction of sp³-hybridized carbons (Fsp3) is 0.167. The van der Waals surface area contributed by atoms with E-state index in [2.05, 4.69) is 5.32 Å². The van der Waals surface area contributed by atoms with Gasteiger partial charge in [0.2, 0.25) is 0 Å². The van der Waals surface area contributed by atoms with Gasteiger partial charge in [0, 0.05) is 17.7 Å². The van der Waals surface area contributed by atoms with Crippen molar-refractivity contribution in [3.63, 3.8) is 0 Å². The molecule has 0 saturated heterocycles. The van der Waals surface area contributed by atoms with Crippen LogP contribution in [-0.4, -0.2) is 35.4 Å². The predicted octanol–water partition coefficient (Wildman–Crippen LogP) is 2.17. The monoisotopic (exact) mass is 407 g/mol. The Labute approximate surface area is 162 Å². The number of non-ortho nitro benzene ring substituents is 1. The molecule has 11 heteroatoms. The van der Waals surface area contributed by atoms with Crippen molar-refractivity contribution in [2.45, 2.75) is 13.0 Å². The molecule has 0 heterocycles. The summed E-state index contributed by atoms with van der Waals surface area (Å²) in [7, 11) is 0. The number of esters is 1. The normalized spacial score (nSPS) is 11.3. The number of nitrogens with zero attached hydrogens (tertiary/aromatic N) is 1. The lowest BCUT2D eigenvalue weighted by atomic mass is 10.2. The summed E-state index contributed by atoms with van der Waals surface area (Å²) in [6.45, 7) is 0.426. The molecule has 0 fully saturated rings. The van der Waals surface area contributed by atoms with E-state index in [1.165, 1.54) is 25.1 Å². The first-order chi connectivity index (χ1) is 13.7. The standard InChI is InChI=1S/C18H15F2N3O6/c1-10(21-17(25)11-4-2-5-12(8-11)23(27)28)18(26)29-9-15(24)22-16-13(19)6-3-7-14(16)20/h2-8,10H,9H2,1H3,(H,21,25)(H,22,24)/t10-/m0/s1. The number of nitro benzene ring substituents is 1. The summed E-state index contributed by atoms with van der Waals surface area (Å²) in [6, 6.07) is 6.66. The number of hydrogen-bond donors (Lipinski definition) is 2. The smallest absolute Gasteiger partial charge is 0.328 e. The van der Waals surface area contributed by atoms with Gasteiger partial charge in [0.15, 0.2) is 6.61 Å². The van der Waals surface area contributed by atoms with E-state index in [1.807, 2.05) is 5.32 Å². The minimum Gasteiger partial charge on any atom is -0.454 e. The number of carbonyl (C=O) groups excluding carboxylic acids is 3. The van der Waals surface area contributed by atoms with Crippen LogP contribution in [-0.2, 0) is 14.3 Å². The van der Waals surface area contributed by atoms with Crippen LogP contribution in [0.1, 0.15) is 17.3 Å². The van der Waals surface area contributed by atoms with E-state index in [1.54, 1.807) is 0 Å². The fourth-order valence-corrected chi connectivity index (χ4v) is 2.15. The number of anilines is 1. The molecule has 2 N–H and O–H groups in total. The summed E-state index contributed by atoms with van der Waals surface area (Å²) in [5, 5.41) is 14.9. The number of carbonyl (C=O) groups is 3. The van der Waals surface area contributed by atoms with Crippen molar-refractivity contribution < 1.29 is 32.8 Å². The highest BCUT2D eigenvalue weighted by Crippen LogP contribution is 2.17. The number of hydrogen-bond acceptors (Lipinski definition) is 6. The Morgan fingerprint density at radius 3 is 2.38 bits per heavy atom. The van der Waals surface area contributed by atoms with Gasteiger partial charge >= 0.3 is 5.97 Å². The largest absolute Gasteiger partial charge is 0.454 e. The van der Waals surface area contributed by atoms with Gasteiger partial charge < -0.3 is 15.4 Å². The van der Waals surface area contributed by atoms with Crippen LogP contribution < -0.4 is 10.6 Å². The van der Waals surface area contributed by atoms with Crippen LogP contribution >= 0.6 is 0 Å². The first kappa shape index (κ1) is 21.4. The molecule has 152 valence electrons. The van der Waals surface area contributed by atoms with E-state index in [9.17, 15) is 33.3 Å². The number of ether oxygens (including phenoxy) is 1. The Morgan fingerprint density at radius 2 is 1.76 bits per heavy atom. The molecule has 2 rings (SSSR count). The van der Waals surface area contributed by atoms with Crippen LogP contribution in [0, 0.1) is 21.7 Å². The molecule has 0 saturated carbocycles. The first-order valence-electron chi connectivity index (χ1n) is 8.15. The molecule has 1 atom stereocenters. The van der Waals surface area contributed by atoms with Crippen molar-refractivity contribution in [1.82, 2.24) is 5.32 Å². The Morgan fingerprint density at radius 1 is 1.14 bits per heavy atom. The quantitative estimate of drug-likeness (QED) is 0.411. The molecule has 2 aromatic rings. The third-order valence-corrected chi connectivity index (χ3v) is 3.59. The van der Waals surface area contributed by atoms with Crippen molar-refractivity contribution in [1.29, 1.82) is 0 Å². The Bertz CT molecular complexity index is 946. The number of amides is 2. The van der Waals surface area contributed by atoms with Gasteiger partial charge in [-0.05, 0) is 25.1 Å². The number of halogens is 2. The van der Waals surface area contributed by atoms with E-state index >= 15 is 0 Å². The first-order valence-corrected chi connectivity index (χ1v) is 8.15. The fourth-order valence-electron chi connectivity index (χ4n) is 2.15. The molecule has 0 aliphatic carbocycles. The average molecular weight is 407 g/mol. The van der Waals surface area contributed by atoms with E-state index in [-0.39, 0.29) is 11.3 Å². The summed E-state index contributed by atoms with van der Waals surface area (Å²) in [5.74, 6) is -4.74. The summed E-state index contributed by atoms with van der Waals surface area (Å²) in [4.78, 5) is 45.8. The highest BCUT2D eigenvalue weighted by molar-refractivity contribution is 5.98. The molecule has 0 unspecified atom stereocenters. The van der Waals surface area contributed by atoms with Gasteiger partial charge in [0.1, 0.15) is 23.4 Å². The average Bonchev–Trinajstić information content (AvgIpc) is 2.69. The second-order valence-electron chi connectivity index (χ2n) is 5.76. The zero-order valence-electron chi connectivity index (χ0n) is 15.0. The van der Waals surface area contributed by atoms with Gasteiger partial charge in [-0.3, -0.25) is 19.7 Å². The zero-order valence-corrected chi connectivity index (χ0v) is 15.0. The maximum absolute atomic E-state index is 13.5. The lowest BCUT2D eigenvalue weighted by Crippen LogP contribution is -2.40. The maximum atomic E-state index is 13.5. The van der Waals surface area contributed by atoms with Crippen LogP contribution in [0.3, 0.4) is 0 Å². The van der Waals surface area contributed by atoms with Gasteiger partial charge in [-0.25, -0.2) is 13.6 Å². The molecule has 2 aromatic carbocycles. The number of nitro groups is 1. The minimum atomic E-state index is -1.19. The predicted molar refractivity (Wildman–Crippen MR) is 96.0 cm³/mol. The van der Waals surface area contributed by atoms with Crippen molar-refractivity contribution >= 4 is 29.2 Å². The van der Waals surface area contributed by atoms with Gasteiger partial charge in [0.25, 0.3) is 17.5 Å². The summed E-state index contributed by atoms with van der Waals surface area (Å²) >= 11 is 0. The molecule has 0 aliphatic heterocycles. The highest BCUT2D eigenvalue weighted by atomic mass is 19.1. The third kappa shape index (κ3) is 5.79. The number of nitrogens with one attached hydrogen (secondary N) is 2. The molecule has 0 spiro atoms. The second-order valence-corrected chi connectivity index (χ2v) is 5.76. The Balaban J connectivity index is 1.88. The van der Waals surface area contributed by atoms with E-state index < -0.39 is 52.7 Å². The number of rotatable bonds is 7. The number of para-hydroxylation sites is 1. The number of benzene rings is 2.